The summed E-state index contributed by atoms with van der Waals surface area (Å²) in [5, 5.41) is 10.6. The third kappa shape index (κ3) is 4.42. The van der Waals surface area contributed by atoms with Gasteiger partial charge in [-0.05, 0) is 29.7 Å². The van der Waals surface area contributed by atoms with E-state index in [4.69, 9.17) is 9.47 Å². The predicted octanol–water partition coefficient (Wildman–Crippen LogP) is 3.05. The SMILES string of the molecule is CC1=CC(=O)[C@H](OCc2ccccc2)[C@H](O)[C@H]1OCc1ccccc1. The second kappa shape index (κ2) is 8.21. The average Bonchev–Trinajstić information content (AvgIpc) is 2.63. The molecule has 1 aliphatic rings. The van der Waals surface area contributed by atoms with Crippen LogP contribution in [0.5, 0.6) is 0 Å². The van der Waals surface area contributed by atoms with Crippen LogP contribution >= 0.6 is 0 Å². The number of hydrogen-bond donors (Lipinski definition) is 1. The van der Waals surface area contributed by atoms with E-state index >= 15 is 0 Å². The molecule has 0 aliphatic heterocycles. The van der Waals surface area contributed by atoms with E-state index in [0.717, 1.165) is 11.1 Å². The van der Waals surface area contributed by atoms with Crippen molar-refractivity contribution in [3.8, 4) is 0 Å². The summed E-state index contributed by atoms with van der Waals surface area (Å²) >= 11 is 0. The maximum Gasteiger partial charge on any atom is 0.187 e. The molecule has 3 rings (SSSR count). The summed E-state index contributed by atoms with van der Waals surface area (Å²) in [6, 6.07) is 19.3. The Kier molecular flexibility index (Phi) is 5.76. The largest absolute Gasteiger partial charge is 0.387 e. The highest BCUT2D eigenvalue weighted by Gasteiger charge is 2.38. The third-order valence-electron chi connectivity index (χ3n) is 4.26. The first-order valence-corrected chi connectivity index (χ1v) is 8.36. The topological polar surface area (TPSA) is 55.8 Å². The Balaban J connectivity index is 1.65. The van der Waals surface area contributed by atoms with Gasteiger partial charge in [0.2, 0.25) is 0 Å². The highest BCUT2D eigenvalue weighted by atomic mass is 16.5. The van der Waals surface area contributed by atoms with Crippen molar-refractivity contribution in [2.24, 2.45) is 0 Å². The molecule has 0 fully saturated rings. The summed E-state index contributed by atoms with van der Waals surface area (Å²) in [7, 11) is 0. The molecule has 0 aromatic heterocycles. The zero-order chi connectivity index (χ0) is 17.6. The van der Waals surface area contributed by atoms with Crippen molar-refractivity contribution in [1.29, 1.82) is 0 Å². The molecule has 4 heteroatoms. The Morgan fingerprint density at radius 2 is 1.32 bits per heavy atom. The lowest BCUT2D eigenvalue weighted by atomic mass is 9.91. The van der Waals surface area contributed by atoms with Crippen LogP contribution in [0.1, 0.15) is 18.1 Å². The van der Waals surface area contributed by atoms with Gasteiger partial charge in [0.1, 0.15) is 18.3 Å². The fraction of sp³-hybridized carbons (Fsp3) is 0.286. The van der Waals surface area contributed by atoms with E-state index in [0.29, 0.717) is 12.2 Å². The molecule has 130 valence electrons. The van der Waals surface area contributed by atoms with Crippen LogP contribution in [0.3, 0.4) is 0 Å². The number of rotatable bonds is 6. The Morgan fingerprint density at radius 3 is 1.84 bits per heavy atom. The Morgan fingerprint density at radius 1 is 0.840 bits per heavy atom. The van der Waals surface area contributed by atoms with Crippen LogP contribution in [-0.2, 0) is 27.5 Å². The number of benzene rings is 2. The van der Waals surface area contributed by atoms with E-state index in [9.17, 15) is 9.90 Å². The van der Waals surface area contributed by atoms with Gasteiger partial charge in [-0.15, -0.1) is 0 Å². The van der Waals surface area contributed by atoms with Crippen molar-refractivity contribution in [3.63, 3.8) is 0 Å². The normalized spacial score (nSPS) is 23.4. The number of ether oxygens (including phenoxy) is 2. The molecule has 25 heavy (non-hydrogen) atoms. The lowest BCUT2D eigenvalue weighted by Gasteiger charge is -2.33. The Hall–Kier alpha value is -2.27. The lowest BCUT2D eigenvalue weighted by Crippen LogP contribution is -2.48. The van der Waals surface area contributed by atoms with E-state index in [2.05, 4.69) is 0 Å². The van der Waals surface area contributed by atoms with Crippen LogP contribution in [0, 0.1) is 0 Å². The van der Waals surface area contributed by atoms with E-state index in [1.165, 1.54) is 6.08 Å². The van der Waals surface area contributed by atoms with Crippen LogP contribution in [0.15, 0.2) is 72.3 Å². The van der Waals surface area contributed by atoms with E-state index < -0.39 is 18.3 Å². The van der Waals surface area contributed by atoms with Gasteiger partial charge in [0, 0.05) is 0 Å². The van der Waals surface area contributed by atoms with Gasteiger partial charge in [-0.1, -0.05) is 60.7 Å². The number of hydrogen-bond acceptors (Lipinski definition) is 4. The fourth-order valence-corrected chi connectivity index (χ4v) is 2.92. The quantitative estimate of drug-likeness (QED) is 0.879. The molecule has 2 aromatic rings. The number of carbonyl (C=O) groups is 1. The molecule has 0 amide bonds. The highest BCUT2D eigenvalue weighted by Crippen LogP contribution is 2.24. The van der Waals surface area contributed by atoms with Crippen LogP contribution < -0.4 is 0 Å². The molecule has 0 heterocycles. The van der Waals surface area contributed by atoms with Gasteiger partial charge in [0.25, 0.3) is 0 Å². The predicted molar refractivity (Wildman–Crippen MR) is 94.8 cm³/mol. The third-order valence-corrected chi connectivity index (χ3v) is 4.26. The minimum Gasteiger partial charge on any atom is -0.387 e. The van der Waals surface area contributed by atoms with Crippen LogP contribution in [-0.4, -0.2) is 29.2 Å². The van der Waals surface area contributed by atoms with Gasteiger partial charge in [-0.25, -0.2) is 0 Å². The van der Waals surface area contributed by atoms with E-state index in [1.54, 1.807) is 6.92 Å². The monoisotopic (exact) mass is 338 g/mol. The summed E-state index contributed by atoms with van der Waals surface area (Å²) < 4.78 is 11.6. The molecule has 0 unspecified atom stereocenters. The van der Waals surface area contributed by atoms with Crippen molar-refractivity contribution < 1.29 is 19.4 Å². The molecule has 1 aliphatic carbocycles. The molecular weight excluding hydrogens is 316 g/mol. The summed E-state index contributed by atoms with van der Waals surface area (Å²) in [6.45, 7) is 2.43. The standard InChI is InChI=1S/C21H22O4/c1-15-12-18(22)21(25-14-17-10-6-3-7-11-17)19(23)20(15)24-13-16-8-4-2-5-9-16/h2-12,19-21,23H,13-14H2,1H3/t19-,20+,21+/m1/s1. The molecule has 0 saturated heterocycles. The maximum atomic E-state index is 12.2. The second-order valence-corrected chi connectivity index (χ2v) is 6.22. The first kappa shape index (κ1) is 17.5. The molecule has 2 aromatic carbocycles. The lowest BCUT2D eigenvalue weighted by molar-refractivity contribution is -0.148. The first-order valence-electron chi connectivity index (χ1n) is 8.36. The maximum absolute atomic E-state index is 12.2. The molecule has 0 spiro atoms. The van der Waals surface area contributed by atoms with Crippen LogP contribution in [0.2, 0.25) is 0 Å². The number of ketones is 1. The number of carbonyl (C=O) groups excluding carboxylic acids is 1. The summed E-state index contributed by atoms with van der Waals surface area (Å²) in [4.78, 5) is 12.2. The van der Waals surface area contributed by atoms with Crippen LogP contribution in [0.25, 0.3) is 0 Å². The molecular formula is C21H22O4. The molecule has 0 saturated carbocycles. The summed E-state index contributed by atoms with van der Waals surface area (Å²) in [5.74, 6) is -0.222. The Bertz CT molecular complexity index is 724. The van der Waals surface area contributed by atoms with Crippen molar-refractivity contribution in [2.75, 3.05) is 0 Å². The van der Waals surface area contributed by atoms with E-state index in [-0.39, 0.29) is 12.4 Å². The van der Waals surface area contributed by atoms with E-state index in [1.807, 2.05) is 60.7 Å². The molecule has 0 radical (unpaired) electrons. The smallest absolute Gasteiger partial charge is 0.187 e. The minimum absolute atomic E-state index is 0.222. The van der Waals surface area contributed by atoms with Gasteiger partial charge < -0.3 is 14.6 Å². The van der Waals surface area contributed by atoms with Gasteiger partial charge in [0.05, 0.1) is 13.2 Å². The van der Waals surface area contributed by atoms with Crippen molar-refractivity contribution in [3.05, 3.63) is 83.4 Å². The molecule has 0 bridgehead atoms. The van der Waals surface area contributed by atoms with Gasteiger partial charge in [-0.2, -0.15) is 0 Å². The van der Waals surface area contributed by atoms with Crippen molar-refractivity contribution in [2.45, 2.75) is 38.4 Å². The molecule has 3 atom stereocenters. The zero-order valence-corrected chi connectivity index (χ0v) is 14.2. The second-order valence-electron chi connectivity index (χ2n) is 6.22. The van der Waals surface area contributed by atoms with Gasteiger partial charge in [0.15, 0.2) is 5.78 Å². The average molecular weight is 338 g/mol. The highest BCUT2D eigenvalue weighted by molar-refractivity contribution is 5.96. The van der Waals surface area contributed by atoms with Crippen molar-refractivity contribution in [1.82, 2.24) is 0 Å². The number of aliphatic hydroxyl groups excluding tert-OH is 1. The first-order chi connectivity index (χ1) is 12.1. The molecule has 1 N–H and O–H groups in total. The summed E-state index contributed by atoms with van der Waals surface area (Å²) in [6.07, 6.45) is -0.980. The summed E-state index contributed by atoms with van der Waals surface area (Å²) in [5.41, 5.74) is 2.68. The fourth-order valence-electron chi connectivity index (χ4n) is 2.92. The molecule has 4 nitrogen and oxygen atoms in total. The number of aliphatic hydroxyl groups is 1. The van der Waals surface area contributed by atoms with Crippen molar-refractivity contribution >= 4 is 5.78 Å². The Labute approximate surface area is 147 Å². The van der Waals surface area contributed by atoms with Crippen LogP contribution in [0.4, 0.5) is 0 Å². The van der Waals surface area contributed by atoms with Gasteiger partial charge >= 0.3 is 0 Å². The minimum atomic E-state index is -1.02. The van der Waals surface area contributed by atoms with Gasteiger partial charge in [-0.3, -0.25) is 4.79 Å². The zero-order valence-electron chi connectivity index (χ0n) is 14.2.